The lowest BCUT2D eigenvalue weighted by atomic mass is 10.0. The highest BCUT2D eigenvalue weighted by Gasteiger charge is 2.39. The van der Waals surface area contributed by atoms with Crippen molar-refractivity contribution in [2.45, 2.75) is 32.7 Å². The second kappa shape index (κ2) is 4.99. The first-order valence-electron chi connectivity index (χ1n) is 5.43. The van der Waals surface area contributed by atoms with Gasteiger partial charge in [0.1, 0.15) is 0 Å². The molecule has 0 spiro atoms. The Balaban J connectivity index is 0.00000112. The van der Waals surface area contributed by atoms with Crippen molar-refractivity contribution in [1.82, 2.24) is 15.1 Å². The van der Waals surface area contributed by atoms with Crippen LogP contribution in [0.5, 0.6) is 0 Å². The van der Waals surface area contributed by atoms with Gasteiger partial charge in [-0.05, 0) is 30.7 Å². The second-order valence-corrected chi connectivity index (χ2v) is 4.44. The van der Waals surface area contributed by atoms with Gasteiger partial charge in [-0.3, -0.25) is 4.68 Å². The van der Waals surface area contributed by atoms with Crippen LogP contribution < -0.4 is 5.32 Å². The number of nitrogens with one attached hydrogen (secondary N) is 1. The lowest BCUT2D eigenvalue weighted by Gasteiger charge is -2.12. The zero-order chi connectivity index (χ0) is 10.0. The Bertz CT molecular complexity index is 305. The minimum absolute atomic E-state index is 0. The van der Waals surface area contributed by atoms with Crippen molar-refractivity contribution in [3.63, 3.8) is 0 Å². The van der Waals surface area contributed by atoms with Crippen molar-refractivity contribution in [2.24, 2.45) is 12.5 Å². The van der Waals surface area contributed by atoms with Gasteiger partial charge in [-0.1, -0.05) is 6.92 Å². The number of halogens is 1. The van der Waals surface area contributed by atoms with Crippen molar-refractivity contribution >= 4 is 12.4 Å². The summed E-state index contributed by atoms with van der Waals surface area (Å²) >= 11 is 0. The SMILES string of the molecule is CCC1(CNCc2ccn(C)n2)CC1.Cl. The highest BCUT2D eigenvalue weighted by molar-refractivity contribution is 5.85. The highest BCUT2D eigenvalue weighted by atomic mass is 35.5. The molecule has 86 valence electrons. The van der Waals surface area contributed by atoms with Crippen LogP contribution in [-0.2, 0) is 13.6 Å². The molecular formula is C11H20ClN3. The molecule has 1 fully saturated rings. The smallest absolute Gasteiger partial charge is 0.0762 e. The normalized spacial score (nSPS) is 17.2. The third-order valence-corrected chi connectivity index (χ3v) is 3.28. The maximum Gasteiger partial charge on any atom is 0.0762 e. The molecule has 1 heterocycles. The lowest BCUT2D eigenvalue weighted by Crippen LogP contribution is -2.23. The van der Waals surface area contributed by atoms with E-state index in [0.717, 1.165) is 18.8 Å². The average molecular weight is 230 g/mol. The molecule has 0 aromatic carbocycles. The molecule has 0 radical (unpaired) electrons. The molecule has 3 nitrogen and oxygen atoms in total. The van der Waals surface area contributed by atoms with Crippen molar-refractivity contribution in [3.05, 3.63) is 18.0 Å². The van der Waals surface area contributed by atoms with Crippen LogP contribution in [0.25, 0.3) is 0 Å². The van der Waals surface area contributed by atoms with Crippen molar-refractivity contribution in [3.8, 4) is 0 Å². The van der Waals surface area contributed by atoms with Gasteiger partial charge in [-0.25, -0.2) is 0 Å². The first-order chi connectivity index (χ1) is 6.74. The quantitative estimate of drug-likeness (QED) is 0.839. The Morgan fingerprint density at radius 2 is 2.27 bits per heavy atom. The van der Waals surface area contributed by atoms with Crippen LogP contribution >= 0.6 is 12.4 Å². The third-order valence-electron chi connectivity index (χ3n) is 3.28. The fraction of sp³-hybridized carbons (Fsp3) is 0.727. The van der Waals surface area contributed by atoms with Crippen LogP contribution in [0.3, 0.4) is 0 Å². The van der Waals surface area contributed by atoms with Gasteiger partial charge in [-0.2, -0.15) is 5.10 Å². The van der Waals surface area contributed by atoms with E-state index in [1.165, 1.54) is 19.3 Å². The maximum atomic E-state index is 4.33. The van der Waals surface area contributed by atoms with E-state index >= 15 is 0 Å². The van der Waals surface area contributed by atoms with Gasteiger partial charge in [0.15, 0.2) is 0 Å². The summed E-state index contributed by atoms with van der Waals surface area (Å²) in [5.74, 6) is 0. The van der Waals surface area contributed by atoms with Crippen LogP contribution in [0.15, 0.2) is 12.3 Å². The molecule has 1 N–H and O–H groups in total. The van der Waals surface area contributed by atoms with Crippen molar-refractivity contribution < 1.29 is 0 Å². The average Bonchev–Trinajstić information content (AvgIpc) is 2.84. The Labute approximate surface area is 97.7 Å². The van der Waals surface area contributed by atoms with E-state index in [0.29, 0.717) is 5.41 Å². The fourth-order valence-electron chi connectivity index (χ4n) is 1.85. The van der Waals surface area contributed by atoms with Gasteiger partial charge in [0.2, 0.25) is 0 Å². The van der Waals surface area contributed by atoms with E-state index in [-0.39, 0.29) is 12.4 Å². The van der Waals surface area contributed by atoms with Gasteiger partial charge in [-0.15, -0.1) is 12.4 Å². The molecule has 0 unspecified atom stereocenters. The zero-order valence-electron chi connectivity index (χ0n) is 9.49. The molecule has 0 aliphatic heterocycles. The number of hydrogen-bond acceptors (Lipinski definition) is 2. The lowest BCUT2D eigenvalue weighted by molar-refractivity contribution is 0.441. The van der Waals surface area contributed by atoms with E-state index in [4.69, 9.17) is 0 Å². The molecule has 1 aromatic rings. The summed E-state index contributed by atoms with van der Waals surface area (Å²) in [6.45, 7) is 4.35. The molecule has 1 saturated carbocycles. The second-order valence-electron chi connectivity index (χ2n) is 4.44. The van der Waals surface area contributed by atoms with Crippen LogP contribution in [0.4, 0.5) is 0 Å². The van der Waals surface area contributed by atoms with E-state index in [1.807, 2.05) is 17.9 Å². The highest BCUT2D eigenvalue weighted by Crippen LogP contribution is 2.47. The van der Waals surface area contributed by atoms with E-state index < -0.39 is 0 Å². The summed E-state index contributed by atoms with van der Waals surface area (Å²) in [6.07, 6.45) is 6.10. The minimum atomic E-state index is 0. The topological polar surface area (TPSA) is 29.9 Å². The molecule has 2 rings (SSSR count). The number of rotatable bonds is 5. The van der Waals surface area contributed by atoms with Gasteiger partial charge >= 0.3 is 0 Å². The Hall–Kier alpha value is -0.540. The summed E-state index contributed by atoms with van der Waals surface area (Å²) in [5, 5.41) is 7.82. The molecule has 15 heavy (non-hydrogen) atoms. The largest absolute Gasteiger partial charge is 0.311 e. The molecule has 0 atom stereocenters. The predicted octanol–water partition coefficient (Wildman–Crippen LogP) is 2.12. The molecule has 0 amide bonds. The van der Waals surface area contributed by atoms with Gasteiger partial charge < -0.3 is 5.32 Å². The predicted molar refractivity (Wildman–Crippen MR) is 64.1 cm³/mol. The molecule has 1 aliphatic carbocycles. The first-order valence-corrected chi connectivity index (χ1v) is 5.43. The fourth-order valence-corrected chi connectivity index (χ4v) is 1.85. The first kappa shape index (κ1) is 12.5. The van der Waals surface area contributed by atoms with Gasteiger partial charge in [0.25, 0.3) is 0 Å². The van der Waals surface area contributed by atoms with Crippen LogP contribution in [0.2, 0.25) is 0 Å². The number of aryl methyl sites for hydroxylation is 1. The Morgan fingerprint density at radius 3 is 2.73 bits per heavy atom. The molecule has 0 saturated heterocycles. The van der Waals surface area contributed by atoms with Gasteiger partial charge in [0.05, 0.1) is 5.69 Å². The van der Waals surface area contributed by atoms with Crippen molar-refractivity contribution in [2.75, 3.05) is 6.54 Å². The van der Waals surface area contributed by atoms with E-state index in [2.05, 4.69) is 23.4 Å². The van der Waals surface area contributed by atoms with E-state index in [1.54, 1.807) is 0 Å². The summed E-state index contributed by atoms with van der Waals surface area (Å²) in [4.78, 5) is 0. The number of nitrogens with zero attached hydrogens (tertiary/aromatic N) is 2. The standard InChI is InChI=1S/C11H19N3.ClH/c1-3-11(5-6-11)9-12-8-10-4-7-14(2)13-10;/h4,7,12H,3,5-6,8-9H2,1-2H3;1H. The van der Waals surface area contributed by atoms with Crippen LogP contribution in [0.1, 0.15) is 31.9 Å². The summed E-state index contributed by atoms with van der Waals surface area (Å²) in [6, 6.07) is 2.07. The number of aromatic nitrogens is 2. The summed E-state index contributed by atoms with van der Waals surface area (Å²) in [7, 11) is 1.96. The molecular weight excluding hydrogens is 210 g/mol. The van der Waals surface area contributed by atoms with Gasteiger partial charge in [0, 0.05) is 26.3 Å². The monoisotopic (exact) mass is 229 g/mol. The van der Waals surface area contributed by atoms with Crippen LogP contribution in [-0.4, -0.2) is 16.3 Å². The zero-order valence-corrected chi connectivity index (χ0v) is 10.3. The maximum absolute atomic E-state index is 4.33. The van der Waals surface area contributed by atoms with Crippen LogP contribution in [0, 0.1) is 5.41 Å². The van der Waals surface area contributed by atoms with E-state index in [9.17, 15) is 0 Å². The van der Waals surface area contributed by atoms with Crippen molar-refractivity contribution in [1.29, 1.82) is 0 Å². The Morgan fingerprint density at radius 1 is 1.53 bits per heavy atom. The molecule has 0 bridgehead atoms. The summed E-state index contributed by atoms with van der Waals surface area (Å²) in [5.41, 5.74) is 1.77. The minimum Gasteiger partial charge on any atom is -0.311 e. The Kier molecular flexibility index (Phi) is 4.17. The molecule has 1 aromatic heterocycles. The summed E-state index contributed by atoms with van der Waals surface area (Å²) < 4.78 is 1.85. The molecule has 4 heteroatoms. The number of hydrogen-bond donors (Lipinski definition) is 1. The molecule has 1 aliphatic rings. The third kappa shape index (κ3) is 3.21.